The van der Waals surface area contributed by atoms with E-state index in [0.29, 0.717) is 0 Å². The fourth-order valence-electron chi connectivity index (χ4n) is 2.34. The molecule has 0 aliphatic carbocycles. The van der Waals surface area contributed by atoms with Gasteiger partial charge in [0.05, 0.1) is 12.1 Å². The summed E-state index contributed by atoms with van der Waals surface area (Å²) in [6.07, 6.45) is 7.47. The largest absolute Gasteiger partial charge is 0.378 e. The van der Waals surface area contributed by atoms with Gasteiger partial charge in [-0.3, -0.25) is 4.99 Å². The molecule has 0 atom stereocenters. The predicted octanol–water partition coefficient (Wildman–Crippen LogP) is 4.51. The molecule has 0 radical (unpaired) electrons. The summed E-state index contributed by atoms with van der Waals surface area (Å²) >= 11 is 1.78. The number of anilines is 1. The van der Waals surface area contributed by atoms with Gasteiger partial charge in [0.1, 0.15) is 14.1 Å². The Labute approximate surface area is 144 Å². The molecule has 1 aromatic carbocycles. The van der Waals surface area contributed by atoms with Crippen molar-refractivity contribution in [1.29, 1.82) is 0 Å². The number of nitrogens with zero attached hydrogens (tertiary/aromatic N) is 3. The molecular formula is C19H26N3S+. The second kappa shape index (κ2) is 7.64. The van der Waals surface area contributed by atoms with Crippen LogP contribution in [0.5, 0.6) is 0 Å². The van der Waals surface area contributed by atoms with Gasteiger partial charge in [0, 0.05) is 36.5 Å². The molecule has 0 fully saturated rings. The van der Waals surface area contributed by atoms with Gasteiger partial charge < -0.3 is 4.90 Å². The van der Waals surface area contributed by atoms with Crippen LogP contribution in [0, 0.1) is 0 Å². The Bertz CT molecular complexity index is 705. The van der Waals surface area contributed by atoms with Gasteiger partial charge in [-0.15, -0.1) is 0 Å². The van der Waals surface area contributed by atoms with Crippen molar-refractivity contribution in [2.45, 2.75) is 25.2 Å². The van der Waals surface area contributed by atoms with Gasteiger partial charge in [-0.05, 0) is 43.0 Å². The highest BCUT2D eigenvalue weighted by Gasteiger charge is 2.10. The SMILES string of the molecule is CC1=Nc2ccc(N(C)C)cc2S/C(C)=C/C(=[N+](C)C)C/C=C\1. The molecule has 0 bridgehead atoms. The Morgan fingerprint density at radius 3 is 2.57 bits per heavy atom. The van der Waals surface area contributed by atoms with Gasteiger partial charge >= 0.3 is 0 Å². The maximum absolute atomic E-state index is 4.79. The second-order valence-corrected chi connectivity index (χ2v) is 7.44. The Morgan fingerprint density at radius 1 is 1.17 bits per heavy atom. The Balaban J connectivity index is 2.56. The number of hydrogen-bond donors (Lipinski definition) is 0. The van der Waals surface area contributed by atoms with Crippen molar-refractivity contribution in [2.75, 3.05) is 33.1 Å². The normalized spacial score (nSPS) is 19.0. The van der Waals surface area contributed by atoms with Crippen molar-refractivity contribution in [1.82, 2.24) is 0 Å². The summed E-state index contributed by atoms with van der Waals surface area (Å²) in [6.45, 7) is 4.22. The molecular weight excluding hydrogens is 302 g/mol. The smallest absolute Gasteiger partial charge is 0.180 e. The van der Waals surface area contributed by atoms with Crippen LogP contribution in [0.3, 0.4) is 0 Å². The number of hydrogen-bond acceptors (Lipinski definition) is 3. The molecule has 122 valence electrons. The minimum atomic E-state index is 0.914. The van der Waals surface area contributed by atoms with Gasteiger partial charge in [0.15, 0.2) is 5.71 Å². The quantitative estimate of drug-likeness (QED) is 0.706. The number of rotatable bonds is 1. The summed E-state index contributed by atoms with van der Waals surface area (Å²) in [5, 5.41) is 0. The van der Waals surface area contributed by atoms with Gasteiger partial charge in [0.2, 0.25) is 0 Å². The third-order valence-corrected chi connectivity index (χ3v) is 4.64. The van der Waals surface area contributed by atoms with Gasteiger partial charge in [-0.1, -0.05) is 17.8 Å². The Kier molecular flexibility index (Phi) is 5.83. The first kappa shape index (κ1) is 17.5. The van der Waals surface area contributed by atoms with Crippen molar-refractivity contribution in [3.05, 3.63) is 41.3 Å². The zero-order valence-electron chi connectivity index (χ0n) is 14.9. The summed E-state index contributed by atoms with van der Waals surface area (Å²) in [5.41, 5.74) is 4.55. The molecule has 23 heavy (non-hydrogen) atoms. The molecule has 0 aromatic heterocycles. The second-order valence-electron chi connectivity index (χ2n) is 6.15. The fourth-order valence-corrected chi connectivity index (χ4v) is 3.28. The molecule has 0 amide bonds. The van der Waals surface area contributed by atoms with Gasteiger partial charge in [0.25, 0.3) is 0 Å². The molecule has 3 nitrogen and oxygen atoms in total. The van der Waals surface area contributed by atoms with Crippen LogP contribution in [0.15, 0.2) is 51.2 Å². The van der Waals surface area contributed by atoms with Crippen molar-refractivity contribution in [3.8, 4) is 0 Å². The highest BCUT2D eigenvalue weighted by molar-refractivity contribution is 8.03. The molecule has 2 rings (SSSR count). The summed E-state index contributed by atoms with van der Waals surface area (Å²) in [6, 6.07) is 6.44. The highest BCUT2D eigenvalue weighted by atomic mass is 32.2. The van der Waals surface area contributed by atoms with E-state index in [1.54, 1.807) is 11.8 Å². The number of fused-ring (bicyclic) bond motifs is 1. The maximum Gasteiger partial charge on any atom is 0.180 e. The van der Waals surface area contributed by atoms with E-state index in [4.69, 9.17) is 4.99 Å². The van der Waals surface area contributed by atoms with Crippen molar-refractivity contribution < 1.29 is 4.58 Å². The van der Waals surface area contributed by atoms with Gasteiger partial charge in [-0.25, -0.2) is 4.58 Å². The highest BCUT2D eigenvalue weighted by Crippen LogP contribution is 2.37. The molecule has 1 aliphatic rings. The number of benzene rings is 1. The minimum absolute atomic E-state index is 0.914. The van der Waals surface area contributed by atoms with E-state index in [1.165, 1.54) is 21.2 Å². The first-order valence-corrected chi connectivity index (χ1v) is 8.61. The lowest BCUT2D eigenvalue weighted by Crippen LogP contribution is -2.10. The topological polar surface area (TPSA) is 18.6 Å². The van der Waals surface area contributed by atoms with Gasteiger partial charge in [-0.2, -0.15) is 0 Å². The number of aliphatic imine (C=N–C) groups is 1. The average molecular weight is 329 g/mol. The van der Waals surface area contributed by atoms with E-state index < -0.39 is 0 Å². The van der Waals surface area contributed by atoms with Crippen LogP contribution in [0.4, 0.5) is 11.4 Å². The lowest BCUT2D eigenvalue weighted by atomic mass is 10.2. The van der Waals surface area contributed by atoms with Crippen molar-refractivity contribution in [2.24, 2.45) is 4.99 Å². The summed E-state index contributed by atoms with van der Waals surface area (Å²) < 4.78 is 2.18. The molecule has 0 unspecified atom stereocenters. The number of thioether (sulfide) groups is 1. The molecule has 1 heterocycles. The molecule has 0 saturated carbocycles. The van der Waals surface area contributed by atoms with E-state index in [0.717, 1.165) is 17.8 Å². The van der Waals surface area contributed by atoms with Crippen LogP contribution in [-0.2, 0) is 0 Å². The van der Waals surface area contributed by atoms with Crippen molar-refractivity contribution in [3.63, 3.8) is 0 Å². The van der Waals surface area contributed by atoms with Crippen molar-refractivity contribution >= 4 is 34.6 Å². The Morgan fingerprint density at radius 2 is 1.91 bits per heavy atom. The van der Waals surface area contributed by atoms with Crippen LogP contribution >= 0.6 is 11.8 Å². The zero-order chi connectivity index (χ0) is 17.0. The predicted molar refractivity (Wildman–Crippen MR) is 104 cm³/mol. The summed E-state index contributed by atoms with van der Waals surface area (Å²) in [5.74, 6) is 0. The lowest BCUT2D eigenvalue weighted by molar-refractivity contribution is -0.464. The van der Waals surface area contributed by atoms with E-state index in [1.807, 2.05) is 0 Å². The van der Waals surface area contributed by atoms with E-state index >= 15 is 0 Å². The molecule has 0 N–H and O–H groups in total. The summed E-state index contributed by atoms with van der Waals surface area (Å²) in [4.78, 5) is 9.38. The first-order valence-electron chi connectivity index (χ1n) is 7.79. The third kappa shape index (κ3) is 4.83. The van der Waals surface area contributed by atoms with Crippen LogP contribution in [0.2, 0.25) is 0 Å². The van der Waals surface area contributed by atoms with Crippen LogP contribution < -0.4 is 4.90 Å². The Hall–Kier alpha value is -1.81. The number of allylic oxidation sites excluding steroid dienone is 4. The van der Waals surface area contributed by atoms with Crippen LogP contribution in [0.1, 0.15) is 20.3 Å². The van der Waals surface area contributed by atoms with E-state index in [2.05, 4.69) is 87.9 Å². The standard InChI is InChI=1S/C19H26N3S/c1-14-8-7-9-16(21(3)4)12-15(2)23-19-13-17(22(5)6)10-11-18(19)20-14/h7-8,10-13H,9H2,1-6H3/q+1/b8-7-,15-12+,20-14?. The first-order chi connectivity index (χ1) is 10.9. The molecule has 1 aromatic rings. The lowest BCUT2D eigenvalue weighted by Gasteiger charge is -2.15. The minimum Gasteiger partial charge on any atom is -0.378 e. The zero-order valence-corrected chi connectivity index (χ0v) is 15.7. The molecule has 0 saturated heterocycles. The molecule has 0 spiro atoms. The van der Waals surface area contributed by atoms with E-state index in [9.17, 15) is 0 Å². The van der Waals surface area contributed by atoms with Crippen LogP contribution in [0.25, 0.3) is 0 Å². The average Bonchev–Trinajstić information content (AvgIpc) is 2.49. The summed E-state index contributed by atoms with van der Waals surface area (Å²) in [7, 11) is 8.32. The molecule has 4 heteroatoms. The maximum atomic E-state index is 4.79. The molecule has 1 aliphatic heterocycles. The van der Waals surface area contributed by atoms with Crippen LogP contribution in [-0.4, -0.2) is 44.2 Å². The van der Waals surface area contributed by atoms with E-state index in [-0.39, 0.29) is 0 Å². The fraction of sp³-hybridized carbons (Fsp3) is 0.368. The third-order valence-electron chi connectivity index (χ3n) is 3.66. The monoisotopic (exact) mass is 328 g/mol.